The van der Waals surface area contributed by atoms with Crippen LogP contribution in [0.1, 0.15) is 74.2 Å². The lowest BCUT2D eigenvalue weighted by Crippen LogP contribution is -2.36. The van der Waals surface area contributed by atoms with E-state index in [1.165, 1.54) is 25.7 Å². The lowest BCUT2D eigenvalue weighted by molar-refractivity contribution is 0.0940. The van der Waals surface area contributed by atoms with Gasteiger partial charge < -0.3 is 10.2 Å². The van der Waals surface area contributed by atoms with Gasteiger partial charge in [-0.3, -0.25) is 4.79 Å². The first-order valence-corrected chi connectivity index (χ1v) is 9.04. The van der Waals surface area contributed by atoms with Gasteiger partial charge in [-0.25, -0.2) is 9.97 Å². The molecule has 1 aromatic heterocycles. The summed E-state index contributed by atoms with van der Waals surface area (Å²) in [5.41, 5.74) is 1.65. The fourth-order valence-corrected chi connectivity index (χ4v) is 3.60. The molecule has 0 saturated carbocycles. The molecule has 5 nitrogen and oxygen atoms in total. The van der Waals surface area contributed by atoms with Gasteiger partial charge in [-0.2, -0.15) is 0 Å². The Morgan fingerprint density at radius 1 is 1.26 bits per heavy atom. The Hall–Kier alpha value is -1.65. The zero-order valence-corrected chi connectivity index (χ0v) is 14.6. The molecule has 1 amide bonds. The first-order chi connectivity index (χ1) is 11.1. The van der Waals surface area contributed by atoms with E-state index in [1.54, 1.807) is 0 Å². The van der Waals surface area contributed by atoms with Crippen molar-refractivity contribution in [1.82, 2.24) is 15.3 Å². The van der Waals surface area contributed by atoms with Crippen molar-refractivity contribution in [2.75, 3.05) is 24.5 Å². The molecule has 0 aliphatic carbocycles. The van der Waals surface area contributed by atoms with Gasteiger partial charge in [0.1, 0.15) is 17.3 Å². The largest absolute Gasteiger partial charge is 0.356 e. The van der Waals surface area contributed by atoms with E-state index in [0.717, 1.165) is 42.6 Å². The molecule has 0 radical (unpaired) electrons. The highest BCUT2D eigenvalue weighted by molar-refractivity contribution is 5.96. The lowest BCUT2D eigenvalue weighted by Gasteiger charge is -2.28. The second-order valence-electron chi connectivity index (χ2n) is 7.09. The monoisotopic (exact) mass is 316 g/mol. The van der Waals surface area contributed by atoms with Gasteiger partial charge in [-0.15, -0.1) is 0 Å². The van der Waals surface area contributed by atoms with Gasteiger partial charge in [-0.05, 0) is 31.6 Å². The van der Waals surface area contributed by atoms with Crippen LogP contribution in [0.25, 0.3) is 0 Å². The third kappa shape index (κ3) is 3.33. The average Bonchev–Trinajstić information content (AvgIpc) is 2.79. The van der Waals surface area contributed by atoms with Crippen LogP contribution >= 0.6 is 0 Å². The molecule has 1 fully saturated rings. The Labute approximate surface area is 138 Å². The molecule has 0 spiro atoms. The summed E-state index contributed by atoms with van der Waals surface area (Å²) in [4.78, 5) is 24.1. The SMILES string of the molecule is CCC1CCCN(c2nc(C(C)C)nc3c2CCNC3=O)CC1. The van der Waals surface area contributed by atoms with Crippen LogP contribution in [0.5, 0.6) is 0 Å². The van der Waals surface area contributed by atoms with E-state index < -0.39 is 0 Å². The standard InChI is InChI=1S/C18H28N4O/c1-4-13-6-5-10-22(11-8-13)17-14-7-9-19-18(23)15(14)20-16(21-17)12(2)3/h12-13H,4-11H2,1-3H3,(H,19,23). The van der Waals surface area contributed by atoms with E-state index in [1.807, 2.05) is 0 Å². The molecule has 5 heteroatoms. The van der Waals surface area contributed by atoms with Gasteiger partial charge in [0.2, 0.25) is 0 Å². The summed E-state index contributed by atoms with van der Waals surface area (Å²) < 4.78 is 0. The molecular weight excluding hydrogens is 288 g/mol. The Morgan fingerprint density at radius 2 is 2.09 bits per heavy atom. The summed E-state index contributed by atoms with van der Waals surface area (Å²) in [6.45, 7) is 9.23. The van der Waals surface area contributed by atoms with Crippen LogP contribution in [0.15, 0.2) is 0 Å². The number of amides is 1. The molecule has 3 rings (SSSR count). The Balaban J connectivity index is 1.98. The summed E-state index contributed by atoms with van der Waals surface area (Å²) in [6.07, 6.45) is 5.83. The van der Waals surface area contributed by atoms with E-state index in [2.05, 4.69) is 36.0 Å². The summed E-state index contributed by atoms with van der Waals surface area (Å²) in [7, 11) is 0. The number of rotatable bonds is 3. The predicted octanol–water partition coefficient (Wildman–Crippen LogP) is 2.90. The first kappa shape index (κ1) is 16.2. The van der Waals surface area contributed by atoms with Crippen LogP contribution in [0.3, 0.4) is 0 Å². The molecule has 126 valence electrons. The number of aromatic nitrogens is 2. The van der Waals surface area contributed by atoms with Crippen LogP contribution < -0.4 is 10.2 Å². The molecule has 1 N–H and O–H groups in total. The van der Waals surface area contributed by atoms with Crippen molar-refractivity contribution in [1.29, 1.82) is 0 Å². The first-order valence-electron chi connectivity index (χ1n) is 9.04. The molecule has 2 aliphatic rings. The molecule has 0 aromatic carbocycles. The fraction of sp³-hybridized carbons (Fsp3) is 0.722. The van der Waals surface area contributed by atoms with Gasteiger partial charge in [0.15, 0.2) is 0 Å². The minimum Gasteiger partial charge on any atom is -0.356 e. The number of hydrogen-bond donors (Lipinski definition) is 1. The van der Waals surface area contributed by atoms with Crippen molar-refractivity contribution in [3.05, 3.63) is 17.1 Å². The van der Waals surface area contributed by atoms with Crippen molar-refractivity contribution in [2.24, 2.45) is 5.92 Å². The number of nitrogens with zero attached hydrogens (tertiary/aromatic N) is 3. The maximum Gasteiger partial charge on any atom is 0.270 e. The van der Waals surface area contributed by atoms with Crippen molar-refractivity contribution in [3.8, 4) is 0 Å². The van der Waals surface area contributed by atoms with Crippen LogP contribution in [0.4, 0.5) is 5.82 Å². The highest BCUT2D eigenvalue weighted by Gasteiger charge is 2.28. The molecule has 2 aliphatic heterocycles. The molecule has 3 heterocycles. The maximum atomic E-state index is 12.2. The molecule has 1 atom stereocenters. The van der Waals surface area contributed by atoms with Crippen molar-refractivity contribution in [3.63, 3.8) is 0 Å². The van der Waals surface area contributed by atoms with Crippen molar-refractivity contribution in [2.45, 2.75) is 58.8 Å². The topological polar surface area (TPSA) is 58.1 Å². The van der Waals surface area contributed by atoms with E-state index in [4.69, 9.17) is 4.98 Å². The third-order valence-corrected chi connectivity index (χ3v) is 5.12. The Morgan fingerprint density at radius 3 is 2.83 bits per heavy atom. The highest BCUT2D eigenvalue weighted by Crippen LogP contribution is 2.29. The van der Waals surface area contributed by atoms with Gasteiger partial charge >= 0.3 is 0 Å². The number of carbonyl (C=O) groups excluding carboxylic acids is 1. The smallest absolute Gasteiger partial charge is 0.270 e. The van der Waals surface area contributed by atoms with E-state index in [-0.39, 0.29) is 11.8 Å². The second kappa shape index (κ2) is 6.85. The molecule has 1 saturated heterocycles. The highest BCUT2D eigenvalue weighted by atomic mass is 16.1. The summed E-state index contributed by atoms with van der Waals surface area (Å²) >= 11 is 0. The zero-order chi connectivity index (χ0) is 16.4. The molecular formula is C18H28N4O. The minimum absolute atomic E-state index is 0.0435. The molecule has 0 bridgehead atoms. The molecule has 1 aromatic rings. The van der Waals surface area contributed by atoms with Crippen molar-refractivity contribution >= 4 is 11.7 Å². The van der Waals surface area contributed by atoms with E-state index in [0.29, 0.717) is 12.2 Å². The average molecular weight is 316 g/mol. The van der Waals surface area contributed by atoms with Crippen molar-refractivity contribution < 1.29 is 4.79 Å². The number of carbonyl (C=O) groups is 1. The number of nitrogens with one attached hydrogen (secondary N) is 1. The summed E-state index contributed by atoms with van der Waals surface area (Å²) in [5, 5.41) is 2.92. The Kier molecular flexibility index (Phi) is 4.83. The van der Waals surface area contributed by atoms with Gasteiger partial charge in [-0.1, -0.05) is 27.2 Å². The second-order valence-corrected chi connectivity index (χ2v) is 7.09. The van der Waals surface area contributed by atoms with Gasteiger partial charge in [0.05, 0.1) is 0 Å². The van der Waals surface area contributed by atoms with Crippen LogP contribution in [0.2, 0.25) is 0 Å². The Bertz CT molecular complexity index is 585. The summed E-state index contributed by atoms with van der Waals surface area (Å²) in [5.74, 6) is 2.81. The zero-order valence-electron chi connectivity index (χ0n) is 14.6. The number of hydrogen-bond acceptors (Lipinski definition) is 4. The number of anilines is 1. The molecule has 23 heavy (non-hydrogen) atoms. The third-order valence-electron chi connectivity index (χ3n) is 5.12. The minimum atomic E-state index is -0.0435. The quantitative estimate of drug-likeness (QED) is 0.931. The predicted molar refractivity (Wildman–Crippen MR) is 92.0 cm³/mol. The molecule has 1 unspecified atom stereocenters. The van der Waals surface area contributed by atoms with Crippen LogP contribution in [0, 0.1) is 5.92 Å². The van der Waals surface area contributed by atoms with Gasteiger partial charge in [0.25, 0.3) is 5.91 Å². The van der Waals surface area contributed by atoms with E-state index >= 15 is 0 Å². The summed E-state index contributed by atoms with van der Waals surface area (Å²) in [6, 6.07) is 0. The number of fused-ring (bicyclic) bond motifs is 1. The van der Waals surface area contributed by atoms with Crippen LogP contribution in [-0.4, -0.2) is 35.5 Å². The normalized spacial score (nSPS) is 21.8. The van der Waals surface area contributed by atoms with E-state index in [9.17, 15) is 4.79 Å². The van der Waals surface area contributed by atoms with Crippen LogP contribution in [-0.2, 0) is 6.42 Å². The maximum absolute atomic E-state index is 12.2. The van der Waals surface area contributed by atoms with Gasteiger partial charge in [0, 0.05) is 31.1 Å². The lowest BCUT2D eigenvalue weighted by atomic mass is 9.98. The fourth-order valence-electron chi connectivity index (χ4n) is 3.60.